The van der Waals surface area contributed by atoms with Crippen molar-refractivity contribution in [1.29, 1.82) is 0 Å². The third kappa shape index (κ3) is 8.99. The molecule has 146 valence electrons. The van der Waals surface area contributed by atoms with Gasteiger partial charge in [0.1, 0.15) is 0 Å². The fourth-order valence-electron chi connectivity index (χ4n) is 3.03. The van der Waals surface area contributed by atoms with Gasteiger partial charge in [-0.15, -0.1) is 0 Å². The molecule has 0 saturated heterocycles. The minimum atomic E-state index is -1.60. The maximum Gasteiger partial charge on any atom is 0.353 e. The fourth-order valence-corrected chi connectivity index (χ4v) is 7.16. The average molecular weight is 378 g/mol. The molecule has 3 heteroatoms. The maximum atomic E-state index is 12.5. The Morgan fingerprint density at radius 3 is 1.88 bits per heavy atom. The van der Waals surface area contributed by atoms with Crippen LogP contribution in [0.25, 0.3) is 6.08 Å². The van der Waals surface area contributed by atoms with Crippen LogP contribution in [0.5, 0.6) is 0 Å². The molecule has 0 aromatic heterocycles. The van der Waals surface area contributed by atoms with Gasteiger partial charge in [0.15, 0.2) is 7.49 Å². The van der Waals surface area contributed by atoms with Crippen LogP contribution >= 0.6 is 7.49 Å². The van der Waals surface area contributed by atoms with Crippen LogP contribution in [0, 0.1) is 6.92 Å². The molecule has 1 aromatic rings. The molecule has 0 amide bonds. The molecular weight excluding hydrogens is 339 g/mol. The van der Waals surface area contributed by atoms with E-state index in [1.54, 1.807) is 0 Å². The lowest BCUT2D eigenvalue weighted by atomic mass is 10.1. The molecule has 0 saturated carbocycles. The highest BCUT2D eigenvalue weighted by Gasteiger charge is 2.40. The lowest BCUT2D eigenvalue weighted by Crippen LogP contribution is -2.16. The van der Waals surface area contributed by atoms with Crippen molar-refractivity contribution in [1.82, 2.24) is 0 Å². The summed E-state index contributed by atoms with van der Waals surface area (Å²) in [7, 11) is -1.60. The molecule has 0 aliphatic carbocycles. The number of aryl methyl sites for hydroxylation is 1. The van der Waals surface area contributed by atoms with Gasteiger partial charge in [0.25, 0.3) is 0 Å². The summed E-state index contributed by atoms with van der Waals surface area (Å²) >= 11 is 0. The van der Waals surface area contributed by atoms with E-state index >= 15 is 0 Å². The Labute approximate surface area is 161 Å². The molecule has 1 aromatic carbocycles. The summed E-state index contributed by atoms with van der Waals surface area (Å²) in [5.41, 5.74) is 2.38. The SMILES string of the molecule is CCCC[P+](CCCC)(CCCC)OC(=O)CC=Cc1ccc(C)cc1. The van der Waals surface area contributed by atoms with Crippen LogP contribution in [0.2, 0.25) is 0 Å². The van der Waals surface area contributed by atoms with Gasteiger partial charge in [0.2, 0.25) is 0 Å². The molecule has 0 bridgehead atoms. The van der Waals surface area contributed by atoms with Crippen molar-refractivity contribution in [2.75, 3.05) is 18.5 Å². The van der Waals surface area contributed by atoms with E-state index < -0.39 is 7.49 Å². The van der Waals surface area contributed by atoms with Gasteiger partial charge < -0.3 is 4.52 Å². The van der Waals surface area contributed by atoms with Crippen LogP contribution < -0.4 is 0 Å². The molecule has 0 aliphatic heterocycles. The van der Waals surface area contributed by atoms with E-state index in [4.69, 9.17) is 4.52 Å². The van der Waals surface area contributed by atoms with Gasteiger partial charge in [-0.25, -0.2) is 4.79 Å². The van der Waals surface area contributed by atoms with E-state index in [2.05, 4.69) is 52.0 Å². The Kier molecular flexibility index (Phi) is 11.5. The molecule has 2 nitrogen and oxygen atoms in total. The Hall–Kier alpha value is -1.14. The minimum absolute atomic E-state index is 0.0370. The number of hydrogen-bond donors (Lipinski definition) is 0. The molecule has 0 aliphatic rings. The largest absolute Gasteiger partial charge is 0.353 e. The first-order valence-electron chi connectivity index (χ1n) is 10.4. The molecular formula is C23H38O2P+. The Morgan fingerprint density at radius 2 is 1.42 bits per heavy atom. The van der Waals surface area contributed by atoms with Crippen molar-refractivity contribution in [2.45, 2.75) is 72.6 Å². The topological polar surface area (TPSA) is 26.3 Å². The standard InChI is InChI=1S/C23H38O2P/c1-5-8-18-26(19-9-6-2,20-10-7-3)25-23(24)13-11-12-22-16-14-21(4)15-17-22/h11-12,14-17H,5-10,13,18-20H2,1-4H3/q+1. The molecule has 0 unspecified atom stereocenters. The van der Waals surface area contributed by atoms with E-state index in [-0.39, 0.29) is 5.97 Å². The summed E-state index contributed by atoms with van der Waals surface area (Å²) in [6.45, 7) is 8.75. The number of unbranched alkanes of at least 4 members (excludes halogenated alkanes) is 3. The zero-order valence-corrected chi connectivity index (χ0v) is 18.2. The van der Waals surface area contributed by atoms with Crippen LogP contribution in [0.15, 0.2) is 30.3 Å². The summed E-state index contributed by atoms with van der Waals surface area (Å²) in [4.78, 5) is 12.5. The smallest absolute Gasteiger partial charge is 0.313 e. The molecule has 0 N–H and O–H groups in total. The van der Waals surface area contributed by atoms with E-state index in [9.17, 15) is 4.79 Å². The van der Waals surface area contributed by atoms with E-state index in [1.165, 1.54) is 44.1 Å². The van der Waals surface area contributed by atoms with Crippen LogP contribution in [0.3, 0.4) is 0 Å². The first kappa shape index (κ1) is 22.9. The van der Waals surface area contributed by atoms with Gasteiger partial charge in [-0.05, 0) is 31.7 Å². The average Bonchev–Trinajstić information content (AvgIpc) is 2.64. The predicted molar refractivity (Wildman–Crippen MR) is 117 cm³/mol. The monoisotopic (exact) mass is 377 g/mol. The second-order valence-electron chi connectivity index (χ2n) is 7.27. The zero-order chi connectivity index (χ0) is 19.3. The molecule has 0 heterocycles. The van der Waals surface area contributed by atoms with Gasteiger partial charge in [-0.1, -0.05) is 82.0 Å². The fraction of sp³-hybridized carbons (Fsp3) is 0.609. The molecule has 1 rings (SSSR count). The number of rotatable bonds is 13. The van der Waals surface area contributed by atoms with Crippen molar-refractivity contribution in [3.05, 3.63) is 41.5 Å². The molecule has 0 atom stereocenters. The highest BCUT2D eigenvalue weighted by Crippen LogP contribution is 2.62. The van der Waals surface area contributed by atoms with E-state index in [0.29, 0.717) is 6.42 Å². The van der Waals surface area contributed by atoms with Crippen molar-refractivity contribution >= 4 is 19.5 Å². The lowest BCUT2D eigenvalue weighted by molar-refractivity contribution is -0.133. The number of benzene rings is 1. The normalized spacial score (nSPS) is 11.8. The molecule has 26 heavy (non-hydrogen) atoms. The summed E-state index contributed by atoms with van der Waals surface area (Å²) in [5.74, 6) is -0.0370. The van der Waals surface area contributed by atoms with Gasteiger partial charge in [-0.2, -0.15) is 0 Å². The maximum absolute atomic E-state index is 12.5. The quantitative estimate of drug-likeness (QED) is 0.338. The lowest BCUT2D eigenvalue weighted by Gasteiger charge is -2.25. The zero-order valence-electron chi connectivity index (χ0n) is 17.3. The number of carbonyl (C=O) groups is 1. The summed E-state index contributed by atoms with van der Waals surface area (Å²) in [6.07, 6.45) is 14.7. The Balaban J connectivity index is 2.69. The van der Waals surface area contributed by atoms with E-state index in [0.717, 1.165) is 24.0 Å². The van der Waals surface area contributed by atoms with Crippen molar-refractivity contribution in [3.8, 4) is 0 Å². The first-order chi connectivity index (χ1) is 12.5. The van der Waals surface area contributed by atoms with E-state index in [1.807, 2.05) is 12.2 Å². The van der Waals surface area contributed by atoms with Gasteiger partial charge in [0, 0.05) is 0 Å². The highest BCUT2D eigenvalue weighted by atomic mass is 31.2. The van der Waals surface area contributed by atoms with Gasteiger partial charge in [-0.3, -0.25) is 0 Å². The predicted octanol–water partition coefficient (Wildman–Crippen LogP) is 7.27. The summed E-state index contributed by atoms with van der Waals surface area (Å²) < 4.78 is 6.22. The second-order valence-corrected chi connectivity index (χ2v) is 10.9. The van der Waals surface area contributed by atoms with Crippen molar-refractivity contribution < 1.29 is 9.32 Å². The number of carbonyl (C=O) groups excluding carboxylic acids is 1. The molecule has 0 radical (unpaired) electrons. The highest BCUT2D eigenvalue weighted by molar-refractivity contribution is 7.71. The van der Waals surface area contributed by atoms with Crippen LogP contribution in [-0.4, -0.2) is 24.5 Å². The van der Waals surface area contributed by atoms with Gasteiger partial charge in [0.05, 0.1) is 24.9 Å². The van der Waals surface area contributed by atoms with Crippen LogP contribution in [0.4, 0.5) is 0 Å². The summed E-state index contributed by atoms with van der Waals surface area (Å²) in [5, 5.41) is 0. The minimum Gasteiger partial charge on any atom is -0.313 e. The van der Waals surface area contributed by atoms with Crippen molar-refractivity contribution in [2.24, 2.45) is 0 Å². The van der Waals surface area contributed by atoms with Crippen LogP contribution in [-0.2, 0) is 9.32 Å². The molecule has 0 spiro atoms. The summed E-state index contributed by atoms with van der Waals surface area (Å²) in [6, 6.07) is 8.35. The number of hydrogen-bond acceptors (Lipinski definition) is 2. The second kappa shape index (κ2) is 13.1. The first-order valence-corrected chi connectivity index (χ1v) is 12.6. The molecule has 0 fully saturated rings. The Bertz CT molecular complexity index is 512. The Morgan fingerprint density at radius 1 is 0.923 bits per heavy atom. The van der Waals surface area contributed by atoms with Gasteiger partial charge >= 0.3 is 5.97 Å². The third-order valence-electron chi connectivity index (χ3n) is 4.73. The third-order valence-corrected chi connectivity index (χ3v) is 8.71. The van der Waals surface area contributed by atoms with Crippen LogP contribution in [0.1, 0.15) is 76.8 Å². The van der Waals surface area contributed by atoms with Crippen molar-refractivity contribution in [3.63, 3.8) is 0 Å².